The molecule has 3 heterocycles. The van der Waals surface area contributed by atoms with E-state index in [-0.39, 0.29) is 0 Å². The fourth-order valence-corrected chi connectivity index (χ4v) is 2.86. The van der Waals surface area contributed by atoms with Gasteiger partial charge in [-0.3, -0.25) is 4.90 Å². The van der Waals surface area contributed by atoms with E-state index in [2.05, 4.69) is 20.4 Å². The Hall–Kier alpha value is -0.940. The minimum absolute atomic E-state index is 0.729. The largest absolute Gasteiger partial charge is 0.338 e. The minimum atomic E-state index is 0.729. The fraction of sp³-hybridized carbons (Fsp3) is 0.818. The average molecular weight is 222 g/mol. The number of fused-ring (bicyclic) bond motifs is 1. The van der Waals surface area contributed by atoms with Crippen molar-refractivity contribution < 1.29 is 4.52 Å². The SMILES string of the molecule is Cc1noc(CN2CCC3NCCC3C2)n1. The van der Waals surface area contributed by atoms with E-state index in [1.807, 2.05) is 6.92 Å². The maximum atomic E-state index is 5.16. The molecule has 3 rings (SSSR count). The number of aryl methyl sites for hydroxylation is 1. The molecule has 0 amide bonds. The number of aromatic nitrogens is 2. The van der Waals surface area contributed by atoms with Gasteiger partial charge >= 0.3 is 0 Å². The lowest BCUT2D eigenvalue weighted by Crippen LogP contribution is -2.43. The van der Waals surface area contributed by atoms with Crippen molar-refractivity contribution in [3.63, 3.8) is 0 Å². The van der Waals surface area contributed by atoms with Gasteiger partial charge in [0.05, 0.1) is 6.54 Å². The third-order valence-electron chi connectivity index (χ3n) is 3.67. The normalized spacial score (nSPS) is 30.6. The quantitative estimate of drug-likeness (QED) is 0.792. The van der Waals surface area contributed by atoms with E-state index in [4.69, 9.17) is 4.52 Å². The highest BCUT2D eigenvalue weighted by Crippen LogP contribution is 2.25. The molecule has 5 nitrogen and oxygen atoms in total. The molecule has 2 aliphatic heterocycles. The Bertz CT molecular complexity index is 365. The summed E-state index contributed by atoms with van der Waals surface area (Å²) >= 11 is 0. The monoisotopic (exact) mass is 222 g/mol. The molecular formula is C11H18N4O. The van der Waals surface area contributed by atoms with Crippen LogP contribution in [0.2, 0.25) is 0 Å². The Morgan fingerprint density at radius 3 is 3.25 bits per heavy atom. The van der Waals surface area contributed by atoms with Gasteiger partial charge in [-0.15, -0.1) is 0 Å². The predicted molar refractivity (Wildman–Crippen MR) is 58.8 cm³/mol. The maximum Gasteiger partial charge on any atom is 0.240 e. The fourth-order valence-electron chi connectivity index (χ4n) is 2.86. The van der Waals surface area contributed by atoms with Crippen molar-refractivity contribution in [2.45, 2.75) is 32.4 Å². The van der Waals surface area contributed by atoms with Crippen molar-refractivity contribution in [3.05, 3.63) is 11.7 Å². The van der Waals surface area contributed by atoms with Gasteiger partial charge < -0.3 is 9.84 Å². The smallest absolute Gasteiger partial charge is 0.240 e. The van der Waals surface area contributed by atoms with Gasteiger partial charge in [-0.05, 0) is 32.2 Å². The summed E-state index contributed by atoms with van der Waals surface area (Å²) in [6.45, 7) is 6.15. The Balaban J connectivity index is 1.60. The molecule has 0 aromatic carbocycles. The van der Waals surface area contributed by atoms with E-state index in [1.165, 1.54) is 25.9 Å². The van der Waals surface area contributed by atoms with Crippen molar-refractivity contribution >= 4 is 0 Å². The number of nitrogens with one attached hydrogen (secondary N) is 1. The molecule has 2 atom stereocenters. The van der Waals surface area contributed by atoms with Crippen LogP contribution in [-0.2, 0) is 6.54 Å². The highest BCUT2D eigenvalue weighted by molar-refractivity contribution is 4.92. The second-order valence-corrected chi connectivity index (χ2v) is 4.87. The van der Waals surface area contributed by atoms with Crippen molar-refractivity contribution in [1.29, 1.82) is 0 Å². The van der Waals surface area contributed by atoms with Crippen LogP contribution in [0.1, 0.15) is 24.6 Å². The lowest BCUT2D eigenvalue weighted by Gasteiger charge is -2.33. The first kappa shape index (κ1) is 10.2. The molecule has 1 N–H and O–H groups in total. The van der Waals surface area contributed by atoms with Crippen LogP contribution >= 0.6 is 0 Å². The van der Waals surface area contributed by atoms with Crippen molar-refractivity contribution in [2.24, 2.45) is 5.92 Å². The van der Waals surface area contributed by atoms with Crippen LogP contribution in [0, 0.1) is 12.8 Å². The third kappa shape index (κ3) is 1.97. The van der Waals surface area contributed by atoms with Gasteiger partial charge in [-0.1, -0.05) is 5.16 Å². The minimum Gasteiger partial charge on any atom is -0.338 e. The van der Waals surface area contributed by atoms with Crippen molar-refractivity contribution in [1.82, 2.24) is 20.4 Å². The summed E-state index contributed by atoms with van der Waals surface area (Å²) in [6, 6.07) is 0.751. The van der Waals surface area contributed by atoms with Crippen LogP contribution < -0.4 is 5.32 Å². The summed E-state index contributed by atoms with van der Waals surface area (Å²) in [7, 11) is 0. The molecule has 2 aliphatic rings. The first-order valence-corrected chi connectivity index (χ1v) is 6.06. The number of hydrogen-bond donors (Lipinski definition) is 1. The van der Waals surface area contributed by atoms with E-state index in [1.54, 1.807) is 0 Å². The van der Waals surface area contributed by atoms with Crippen LogP contribution in [0.4, 0.5) is 0 Å². The Kier molecular flexibility index (Phi) is 2.65. The highest BCUT2D eigenvalue weighted by Gasteiger charge is 2.32. The molecule has 5 heteroatoms. The lowest BCUT2D eigenvalue weighted by atomic mass is 9.93. The molecule has 0 radical (unpaired) electrons. The van der Waals surface area contributed by atoms with Gasteiger partial charge in [0, 0.05) is 19.1 Å². The first-order valence-electron chi connectivity index (χ1n) is 6.06. The predicted octanol–water partition coefficient (Wildman–Crippen LogP) is 0.562. The maximum absolute atomic E-state index is 5.16. The zero-order valence-corrected chi connectivity index (χ0v) is 9.65. The van der Waals surface area contributed by atoms with E-state index < -0.39 is 0 Å². The Morgan fingerprint density at radius 2 is 2.44 bits per heavy atom. The van der Waals surface area contributed by atoms with E-state index in [0.29, 0.717) is 0 Å². The Morgan fingerprint density at radius 1 is 1.50 bits per heavy atom. The summed E-state index contributed by atoms with van der Waals surface area (Å²) in [5.74, 6) is 2.30. The number of hydrogen-bond acceptors (Lipinski definition) is 5. The van der Waals surface area contributed by atoms with Crippen molar-refractivity contribution in [2.75, 3.05) is 19.6 Å². The van der Waals surface area contributed by atoms with E-state index in [9.17, 15) is 0 Å². The van der Waals surface area contributed by atoms with Gasteiger partial charge in [-0.2, -0.15) is 4.98 Å². The summed E-state index contributed by atoms with van der Waals surface area (Å²) in [6.07, 6.45) is 2.56. The summed E-state index contributed by atoms with van der Waals surface area (Å²) in [5, 5.41) is 7.39. The second-order valence-electron chi connectivity index (χ2n) is 4.87. The second kappa shape index (κ2) is 4.14. The topological polar surface area (TPSA) is 54.2 Å². The molecule has 1 aromatic heterocycles. The number of likely N-dealkylation sites (tertiary alicyclic amines) is 1. The van der Waals surface area contributed by atoms with E-state index in [0.717, 1.165) is 36.8 Å². The summed E-state index contributed by atoms with van der Waals surface area (Å²) in [5.41, 5.74) is 0. The van der Waals surface area contributed by atoms with Crippen LogP contribution in [0.3, 0.4) is 0 Å². The molecular weight excluding hydrogens is 204 g/mol. The molecule has 88 valence electrons. The van der Waals surface area contributed by atoms with Crippen LogP contribution in [-0.4, -0.2) is 40.7 Å². The molecule has 0 bridgehead atoms. The first-order chi connectivity index (χ1) is 7.81. The highest BCUT2D eigenvalue weighted by atomic mass is 16.5. The van der Waals surface area contributed by atoms with Crippen LogP contribution in [0.5, 0.6) is 0 Å². The molecule has 1 aromatic rings. The summed E-state index contributed by atoms with van der Waals surface area (Å²) in [4.78, 5) is 6.69. The van der Waals surface area contributed by atoms with Gasteiger partial charge in [0.25, 0.3) is 0 Å². The number of nitrogens with zero attached hydrogens (tertiary/aromatic N) is 3. The Labute approximate surface area is 95.2 Å². The van der Waals surface area contributed by atoms with Gasteiger partial charge in [0.15, 0.2) is 5.82 Å². The molecule has 16 heavy (non-hydrogen) atoms. The van der Waals surface area contributed by atoms with Gasteiger partial charge in [0.2, 0.25) is 5.89 Å². The third-order valence-corrected chi connectivity index (χ3v) is 3.67. The molecule has 0 aliphatic carbocycles. The molecule has 0 spiro atoms. The molecule has 2 unspecified atom stereocenters. The lowest BCUT2D eigenvalue weighted by molar-refractivity contribution is 0.140. The van der Waals surface area contributed by atoms with E-state index >= 15 is 0 Å². The summed E-state index contributed by atoms with van der Waals surface area (Å²) < 4.78 is 5.16. The zero-order chi connectivity index (χ0) is 11.0. The van der Waals surface area contributed by atoms with Crippen molar-refractivity contribution in [3.8, 4) is 0 Å². The molecule has 2 saturated heterocycles. The molecule has 0 saturated carbocycles. The number of piperidine rings is 1. The van der Waals surface area contributed by atoms with Gasteiger partial charge in [0.1, 0.15) is 0 Å². The van der Waals surface area contributed by atoms with Crippen LogP contribution in [0.25, 0.3) is 0 Å². The van der Waals surface area contributed by atoms with Gasteiger partial charge in [-0.25, -0.2) is 0 Å². The number of rotatable bonds is 2. The zero-order valence-electron chi connectivity index (χ0n) is 9.65. The standard InChI is InChI=1S/C11H18N4O/c1-8-13-11(16-14-8)7-15-5-3-10-9(6-15)2-4-12-10/h9-10,12H,2-7H2,1H3. The average Bonchev–Trinajstić information content (AvgIpc) is 2.87. The van der Waals surface area contributed by atoms with Crippen LogP contribution in [0.15, 0.2) is 4.52 Å². The molecule has 2 fully saturated rings.